The maximum Gasteiger partial charge on any atom is 0.119 e. The van der Waals surface area contributed by atoms with Gasteiger partial charge in [-0.15, -0.1) is 0 Å². The number of benzene rings is 4. The van der Waals surface area contributed by atoms with E-state index in [1.165, 1.54) is 22.3 Å². The second-order valence-corrected chi connectivity index (χ2v) is 7.80. The van der Waals surface area contributed by atoms with Crippen molar-refractivity contribution in [3.63, 3.8) is 0 Å². The van der Waals surface area contributed by atoms with E-state index in [9.17, 15) is 5.11 Å². The van der Waals surface area contributed by atoms with Gasteiger partial charge in [0, 0.05) is 0 Å². The minimum atomic E-state index is -0.527. The zero-order valence-electron chi connectivity index (χ0n) is 17.6. The molecule has 0 saturated heterocycles. The minimum Gasteiger partial charge on any atom is -0.497 e. The molecule has 31 heavy (non-hydrogen) atoms. The number of fused-ring (bicyclic) bond motifs is 6. The van der Waals surface area contributed by atoms with Gasteiger partial charge in [0.05, 0.1) is 14.2 Å². The van der Waals surface area contributed by atoms with Crippen molar-refractivity contribution >= 4 is 0 Å². The molecule has 1 unspecified atom stereocenters. The van der Waals surface area contributed by atoms with E-state index < -0.39 is 6.10 Å². The monoisotopic (exact) mass is 408 g/mol. The van der Waals surface area contributed by atoms with Gasteiger partial charge >= 0.3 is 0 Å². The molecule has 1 atom stereocenters. The minimum absolute atomic E-state index is 0.527. The topological polar surface area (TPSA) is 38.7 Å². The predicted molar refractivity (Wildman–Crippen MR) is 124 cm³/mol. The highest BCUT2D eigenvalue weighted by Gasteiger charge is 2.26. The van der Waals surface area contributed by atoms with Crippen molar-refractivity contribution < 1.29 is 14.6 Å². The van der Waals surface area contributed by atoms with Gasteiger partial charge in [-0.05, 0) is 75.2 Å². The SMILES string of the molecule is COc1ccc2c(c1)C(O)c1ccccc1-2.COc1ccc2c(c1)Cc1ccccc1-2. The Morgan fingerprint density at radius 2 is 1.19 bits per heavy atom. The third kappa shape index (κ3) is 3.37. The van der Waals surface area contributed by atoms with Crippen LogP contribution in [-0.2, 0) is 6.42 Å². The average Bonchev–Trinajstić information content (AvgIpc) is 3.34. The van der Waals surface area contributed by atoms with Crippen molar-refractivity contribution in [2.75, 3.05) is 14.2 Å². The Morgan fingerprint density at radius 3 is 1.97 bits per heavy atom. The van der Waals surface area contributed by atoms with Crippen molar-refractivity contribution in [1.82, 2.24) is 0 Å². The van der Waals surface area contributed by atoms with E-state index in [0.717, 1.165) is 40.2 Å². The lowest BCUT2D eigenvalue weighted by molar-refractivity contribution is 0.224. The van der Waals surface area contributed by atoms with Gasteiger partial charge in [0.15, 0.2) is 0 Å². The quantitative estimate of drug-likeness (QED) is 0.388. The largest absolute Gasteiger partial charge is 0.497 e. The first-order chi connectivity index (χ1) is 15.2. The van der Waals surface area contributed by atoms with Crippen LogP contribution in [0.15, 0.2) is 84.9 Å². The molecule has 6 rings (SSSR count). The van der Waals surface area contributed by atoms with Crippen LogP contribution < -0.4 is 9.47 Å². The van der Waals surface area contributed by atoms with E-state index in [4.69, 9.17) is 9.47 Å². The lowest BCUT2D eigenvalue weighted by atomic mass is 10.1. The van der Waals surface area contributed by atoms with Crippen LogP contribution in [0.4, 0.5) is 0 Å². The van der Waals surface area contributed by atoms with Crippen molar-refractivity contribution in [3.8, 4) is 33.8 Å². The summed E-state index contributed by atoms with van der Waals surface area (Å²) in [6, 6.07) is 28.7. The highest BCUT2D eigenvalue weighted by Crippen LogP contribution is 2.44. The molecular formula is C28H24O3. The van der Waals surface area contributed by atoms with Gasteiger partial charge in [-0.25, -0.2) is 0 Å². The molecule has 4 aromatic rings. The van der Waals surface area contributed by atoms with Gasteiger partial charge in [0.25, 0.3) is 0 Å². The van der Waals surface area contributed by atoms with Gasteiger partial charge in [-0.2, -0.15) is 0 Å². The molecule has 4 aromatic carbocycles. The third-order valence-electron chi connectivity index (χ3n) is 6.10. The van der Waals surface area contributed by atoms with Crippen LogP contribution in [0.3, 0.4) is 0 Å². The lowest BCUT2D eigenvalue weighted by Crippen LogP contribution is -1.94. The molecule has 2 aliphatic carbocycles. The Hall–Kier alpha value is -3.56. The molecule has 154 valence electrons. The van der Waals surface area contributed by atoms with E-state index in [0.29, 0.717) is 0 Å². The van der Waals surface area contributed by atoms with Gasteiger partial charge in [0.1, 0.15) is 17.6 Å². The smallest absolute Gasteiger partial charge is 0.119 e. The van der Waals surface area contributed by atoms with Gasteiger partial charge in [-0.3, -0.25) is 0 Å². The first-order valence-electron chi connectivity index (χ1n) is 10.4. The summed E-state index contributed by atoms with van der Waals surface area (Å²) in [5.41, 5.74) is 9.64. The third-order valence-corrected chi connectivity index (χ3v) is 6.10. The van der Waals surface area contributed by atoms with E-state index >= 15 is 0 Å². The fourth-order valence-corrected chi connectivity index (χ4v) is 4.54. The lowest BCUT2D eigenvalue weighted by Gasteiger charge is -2.06. The first-order valence-corrected chi connectivity index (χ1v) is 10.4. The molecule has 1 N–H and O–H groups in total. The number of hydrogen-bond acceptors (Lipinski definition) is 3. The molecule has 0 bridgehead atoms. The van der Waals surface area contributed by atoms with Gasteiger partial charge in [0.2, 0.25) is 0 Å². The van der Waals surface area contributed by atoms with Crippen LogP contribution in [0.2, 0.25) is 0 Å². The second-order valence-electron chi connectivity index (χ2n) is 7.80. The molecule has 0 saturated carbocycles. The summed E-state index contributed by atoms with van der Waals surface area (Å²) in [5, 5.41) is 10.2. The maximum absolute atomic E-state index is 10.2. The van der Waals surface area contributed by atoms with Crippen molar-refractivity contribution in [3.05, 3.63) is 107 Å². The second kappa shape index (κ2) is 7.93. The number of methoxy groups -OCH3 is 2. The van der Waals surface area contributed by atoms with Crippen molar-refractivity contribution in [2.45, 2.75) is 12.5 Å². The number of aliphatic hydroxyl groups excluding tert-OH is 1. The van der Waals surface area contributed by atoms with Crippen LogP contribution in [0, 0.1) is 0 Å². The molecule has 2 aliphatic rings. The Morgan fingerprint density at radius 1 is 0.613 bits per heavy atom. The molecule has 0 fully saturated rings. The summed E-state index contributed by atoms with van der Waals surface area (Å²) in [7, 11) is 3.35. The Kier molecular flexibility index (Phi) is 4.97. The summed E-state index contributed by atoms with van der Waals surface area (Å²) < 4.78 is 10.4. The fourth-order valence-electron chi connectivity index (χ4n) is 4.54. The number of ether oxygens (including phenoxy) is 2. The van der Waals surface area contributed by atoms with Crippen LogP contribution >= 0.6 is 0 Å². The van der Waals surface area contributed by atoms with E-state index in [1.54, 1.807) is 14.2 Å². The molecule has 0 amide bonds. The molecular weight excluding hydrogens is 384 g/mol. The summed E-state index contributed by atoms with van der Waals surface area (Å²) in [6.07, 6.45) is 0.504. The molecule has 0 aliphatic heterocycles. The highest BCUT2D eigenvalue weighted by molar-refractivity contribution is 5.79. The van der Waals surface area contributed by atoms with Gasteiger partial charge < -0.3 is 14.6 Å². The molecule has 0 spiro atoms. The normalized spacial score (nSPS) is 14.5. The van der Waals surface area contributed by atoms with Gasteiger partial charge in [-0.1, -0.05) is 60.7 Å². The van der Waals surface area contributed by atoms with E-state index in [-0.39, 0.29) is 0 Å². The van der Waals surface area contributed by atoms with E-state index in [2.05, 4.69) is 36.4 Å². The number of hydrogen-bond donors (Lipinski definition) is 1. The van der Waals surface area contributed by atoms with Crippen molar-refractivity contribution in [2.24, 2.45) is 0 Å². The molecule has 3 heteroatoms. The van der Waals surface area contributed by atoms with Crippen LogP contribution in [-0.4, -0.2) is 19.3 Å². The summed E-state index contributed by atoms with van der Waals surface area (Å²) in [6.45, 7) is 0. The summed E-state index contributed by atoms with van der Waals surface area (Å²) in [5.74, 6) is 1.73. The molecule has 3 nitrogen and oxygen atoms in total. The zero-order valence-corrected chi connectivity index (χ0v) is 17.6. The standard InChI is InChI=1S/C14H12O2.C14H12O/c1-16-9-6-7-11-10-4-2-3-5-12(10)14(15)13(11)8-9;1-15-12-6-7-14-11(9-12)8-10-4-2-3-5-13(10)14/h2-8,14-15H,1H3;2-7,9H,8H2,1H3. The number of rotatable bonds is 2. The Balaban J connectivity index is 0.000000132. The van der Waals surface area contributed by atoms with Crippen LogP contribution in [0.1, 0.15) is 28.4 Å². The molecule has 0 heterocycles. The molecule has 0 aromatic heterocycles. The van der Waals surface area contributed by atoms with Crippen LogP contribution in [0.25, 0.3) is 22.3 Å². The zero-order chi connectivity index (χ0) is 21.4. The first kappa shape index (κ1) is 19.4. The van der Waals surface area contributed by atoms with Crippen molar-refractivity contribution in [1.29, 1.82) is 0 Å². The Bertz CT molecular complexity index is 1260. The molecule has 0 radical (unpaired) electrons. The predicted octanol–water partition coefficient (Wildman–Crippen LogP) is 6.02. The van der Waals surface area contributed by atoms with E-state index in [1.807, 2.05) is 48.5 Å². The Labute approximate surface area is 182 Å². The average molecular weight is 408 g/mol. The number of aliphatic hydroxyl groups is 1. The summed E-state index contributed by atoms with van der Waals surface area (Å²) in [4.78, 5) is 0. The fraction of sp³-hybridized carbons (Fsp3) is 0.143. The maximum atomic E-state index is 10.2. The highest BCUT2D eigenvalue weighted by atomic mass is 16.5. The van der Waals surface area contributed by atoms with Crippen LogP contribution in [0.5, 0.6) is 11.5 Å². The summed E-state index contributed by atoms with van der Waals surface area (Å²) >= 11 is 0.